The maximum atomic E-state index is 11.8. The second-order valence-corrected chi connectivity index (χ2v) is 3.56. The lowest BCUT2D eigenvalue weighted by atomic mass is 10.1. The van der Waals surface area contributed by atoms with Crippen LogP contribution in [0, 0.1) is 0 Å². The van der Waals surface area contributed by atoms with Gasteiger partial charge in [-0.25, -0.2) is 0 Å². The third kappa shape index (κ3) is 5.14. The number of alkyl halides is 3. The van der Waals surface area contributed by atoms with Crippen LogP contribution in [0.15, 0.2) is 24.3 Å². The second kappa shape index (κ2) is 5.86. The molecule has 2 nitrogen and oxygen atoms in total. The number of hydrogen-bond acceptors (Lipinski definition) is 2. The standard InChI is InChI=1S/C11H15F3N2/c12-11(13,14)5-6-16-8-10-3-1-9(7-15)2-4-10/h1-4,16H,5-8,15H2. The average Bonchev–Trinajstić information content (AvgIpc) is 2.24. The summed E-state index contributed by atoms with van der Waals surface area (Å²) in [5, 5.41) is 2.74. The number of benzene rings is 1. The number of rotatable bonds is 5. The Morgan fingerprint density at radius 2 is 1.62 bits per heavy atom. The highest BCUT2D eigenvalue weighted by Gasteiger charge is 2.25. The SMILES string of the molecule is NCc1ccc(CNCCC(F)(F)F)cc1. The number of nitrogens with two attached hydrogens (primary N) is 1. The maximum absolute atomic E-state index is 11.8. The van der Waals surface area contributed by atoms with Gasteiger partial charge in [0.1, 0.15) is 0 Å². The first-order chi connectivity index (χ1) is 7.51. The molecule has 90 valence electrons. The third-order valence-corrected chi connectivity index (χ3v) is 2.17. The molecule has 0 radical (unpaired) electrons. The molecular weight excluding hydrogens is 217 g/mol. The van der Waals surface area contributed by atoms with Crippen LogP contribution in [0.3, 0.4) is 0 Å². The van der Waals surface area contributed by atoms with Crippen molar-refractivity contribution in [1.82, 2.24) is 5.32 Å². The molecule has 1 aromatic rings. The number of hydrogen-bond donors (Lipinski definition) is 2. The van der Waals surface area contributed by atoms with Crippen molar-refractivity contribution in [1.29, 1.82) is 0 Å². The van der Waals surface area contributed by atoms with Gasteiger partial charge in [-0.2, -0.15) is 13.2 Å². The Bertz CT molecular complexity index is 306. The lowest BCUT2D eigenvalue weighted by molar-refractivity contribution is -0.133. The van der Waals surface area contributed by atoms with Gasteiger partial charge in [-0.1, -0.05) is 24.3 Å². The summed E-state index contributed by atoms with van der Waals surface area (Å²) < 4.78 is 35.5. The van der Waals surface area contributed by atoms with Gasteiger partial charge in [0.05, 0.1) is 6.42 Å². The van der Waals surface area contributed by atoms with Crippen LogP contribution in [0.4, 0.5) is 13.2 Å². The number of nitrogens with one attached hydrogen (secondary N) is 1. The molecule has 0 spiro atoms. The molecule has 5 heteroatoms. The van der Waals surface area contributed by atoms with E-state index in [2.05, 4.69) is 5.32 Å². The molecule has 16 heavy (non-hydrogen) atoms. The van der Waals surface area contributed by atoms with Crippen molar-refractivity contribution < 1.29 is 13.2 Å². The monoisotopic (exact) mass is 232 g/mol. The summed E-state index contributed by atoms with van der Waals surface area (Å²) in [5.41, 5.74) is 7.40. The molecule has 0 saturated heterocycles. The van der Waals surface area contributed by atoms with Gasteiger partial charge in [0.2, 0.25) is 0 Å². The first-order valence-corrected chi connectivity index (χ1v) is 5.06. The molecule has 0 bridgehead atoms. The molecular formula is C11H15F3N2. The van der Waals surface area contributed by atoms with Crippen LogP contribution in [0.25, 0.3) is 0 Å². The molecule has 0 heterocycles. The van der Waals surface area contributed by atoms with E-state index < -0.39 is 12.6 Å². The summed E-state index contributed by atoms with van der Waals surface area (Å²) in [6.07, 6.45) is -4.88. The molecule has 0 fully saturated rings. The van der Waals surface area contributed by atoms with E-state index in [-0.39, 0.29) is 6.54 Å². The molecule has 0 atom stereocenters. The second-order valence-electron chi connectivity index (χ2n) is 3.56. The molecule has 0 saturated carbocycles. The van der Waals surface area contributed by atoms with Gasteiger partial charge < -0.3 is 11.1 Å². The minimum absolute atomic E-state index is 0.0534. The molecule has 1 rings (SSSR count). The van der Waals surface area contributed by atoms with Crippen LogP contribution in [-0.4, -0.2) is 12.7 Å². The normalized spacial score (nSPS) is 11.8. The summed E-state index contributed by atoms with van der Waals surface area (Å²) in [7, 11) is 0. The van der Waals surface area contributed by atoms with Crippen molar-refractivity contribution in [3.8, 4) is 0 Å². The van der Waals surface area contributed by atoms with E-state index in [9.17, 15) is 13.2 Å². The summed E-state index contributed by atoms with van der Waals surface area (Å²) in [6, 6.07) is 7.48. The molecule has 1 aromatic carbocycles. The smallest absolute Gasteiger partial charge is 0.326 e. The zero-order chi connectivity index (χ0) is 12.0. The van der Waals surface area contributed by atoms with Crippen LogP contribution in [0.2, 0.25) is 0 Å². The van der Waals surface area contributed by atoms with E-state index >= 15 is 0 Å². The van der Waals surface area contributed by atoms with Crippen molar-refractivity contribution in [3.63, 3.8) is 0 Å². The van der Waals surface area contributed by atoms with Crippen molar-refractivity contribution in [2.24, 2.45) is 5.73 Å². The lowest BCUT2D eigenvalue weighted by Gasteiger charge is -2.08. The molecule has 3 N–H and O–H groups in total. The van der Waals surface area contributed by atoms with Crippen LogP contribution >= 0.6 is 0 Å². The van der Waals surface area contributed by atoms with Crippen LogP contribution in [-0.2, 0) is 13.1 Å². The fourth-order valence-electron chi connectivity index (χ4n) is 1.26. The predicted molar refractivity (Wildman–Crippen MR) is 56.7 cm³/mol. The summed E-state index contributed by atoms with van der Waals surface area (Å²) >= 11 is 0. The molecule has 0 amide bonds. The van der Waals surface area contributed by atoms with Crippen molar-refractivity contribution >= 4 is 0 Å². The molecule has 0 aliphatic carbocycles. The predicted octanol–water partition coefficient (Wildman–Crippen LogP) is 2.19. The van der Waals surface area contributed by atoms with E-state index in [0.29, 0.717) is 13.1 Å². The highest BCUT2D eigenvalue weighted by atomic mass is 19.4. The maximum Gasteiger partial charge on any atom is 0.390 e. The van der Waals surface area contributed by atoms with Crippen LogP contribution in [0.5, 0.6) is 0 Å². The third-order valence-electron chi connectivity index (χ3n) is 2.17. The highest BCUT2D eigenvalue weighted by Crippen LogP contribution is 2.18. The van der Waals surface area contributed by atoms with E-state index in [4.69, 9.17) is 5.73 Å². The van der Waals surface area contributed by atoms with Gasteiger partial charge in [-0.3, -0.25) is 0 Å². The average molecular weight is 232 g/mol. The van der Waals surface area contributed by atoms with E-state index in [1.165, 1.54) is 0 Å². The van der Waals surface area contributed by atoms with E-state index in [1.54, 1.807) is 0 Å². The summed E-state index contributed by atoms with van der Waals surface area (Å²) in [5.74, 6) is 0. The minimum Gasteiger partial charge on any atom is -0.326 e. The van der Waals surface area contributed by atoms with Crippen LogP contribution < -0.4 is 11.1 Å². The largest absolute Gasteiger partial charge is 0.390 e. The zero-order valence-electron chi connectivity index (χ0n) is 8.85. The van der Waals surface area contributed by atoms with Gasteiger partial charge in [-0.05, 0) is 11.1 Å². The lowest BCUT2D eigenvalue weighted by Crippen LogP contribution is -2.21. The molecule has 0 aromatic heterocycles. The van der Waals surface area contributed by atoms with Gasteiger partial charge in [-0.15, -0.1) is 0 Å². The topological polar surface area (TPSA) is 38.0 Å². The Labute approximate surface area is 92.6 Å². The van der Waals surface area contributed by atoms with E-state index in [1.807, 2.05) is 24.3 Å². The molecule has 0 aliphatic heterocycles. The minimum atomic E-state index is -4.09. The van der Waals surface area contributed by atoms with Crippen molar-refractivity contribution in [3.05, 3.63) is 35.4 Å². The highest BCUT2D eigenvalue weighted by molar-refractivity contribution is 5.22. The molecule has 0 aliphatic rings. The Balaban J connectivity index is 2.27. The summed E-state index contributed by atoms with van der Waals surface area (Å²) in [6.45, 7) is 0.866. The van der Waals surface area contributed by atoms with E-state index in [0.717, 1.165) is 11.1 Å². The quantitative estimate of drug-likeness (QED) is 0.764. The van der Waals surface area contributed by atoms with Gasteiger partial charge in [0, 0.05) is 19.6 Å². The Morgan fingerprint density at radius 3 is 2.12 bits per heavy atom. The van der Waals surface area contributed by atoms with Gasteiger partial charge in [0.15, 0.2) is 0 Å². The Hall–Kier alpha value is -1.07. The Morgan fingerprint density at radius 1 is 1.06 bits per heavy atom. The van der Waals surface area contributed by atoms with Crippen LogP contribution in [0.1, 0.15) is 17.5 Å². The van der Waals surface area contributed by atoms with Crippen molar-refractivity contribution in [2.75, 3.05) is 6.54 Å². The summed E-state index contributed by atoms with van der Waals surface area (Å²) in [4.78, 5) is 0. The molecule has 0 unspecified atom stereocenters. The van der Waals surface area contributed by atoms with Crippen molar-refractivity contribution in [2.45, 2.75) is 25.7 Å². The zero-order valence-corrected chi connectivity index (χ0v) is 8.85. The van der Waals surface area contributed by atoms with Gasteiger partial charge >= 0.3 is 6.18 Å². The Kier molecular flexibility index (Phi) is 4.76. The number of halogens is 3. The first-order valence-electron chi connectivity index (χ1n) is 5.06. The fourth-order valence-corrected chi connectivity index (χ4v) is 1.26. The van der Waals surface area contributed by atoms with Gasteiger partial charge in [0.25, 0.3) is 0 Å². The fraction of sp³-hybridized carbons (Fsp3) is 0.455. The first kappa shape index (κ1) is 13.0.